The first-order valence-corrected chi connectivity index (χ1v) is 12.1. The largest absolute Gasteiger partial charge is 0.354 e. The van der Waals surface area contributed by atoms with Crippen LogP contribution in [0.4, 0.5) is 11.4 Å². The number of carbonyl (C=O) groups is 2. The molecular formula is C24H28IN3O4. The third-order valence-electron chi connectivity index (χ3n) is 5.85. The molecule has 32 heavy (non-hydrogen) atoms. The minimum atomic E-state index is -0.674. The molecule has 2 amide bonds. The predicted molar refractivity (Wildman–Crippen MR) is 133 cm³/mol. The Bertz CT molecular complexity index is 958. The number of nitro benzene ring substituents is 1. The van der Waals surface area contributed by atoms with Gasteiger partial charge in [-0.2, -0.15) is 0 Å². The van der Waals surface area contributed by atoms with E-state index in [0.29, 0.717) is 17.8 Å². The maximum Gasteiger partial charge on any atom is 0.269 e. The van der Waals surface area contributed by atoms with E-state index in [1.54, 1.807) is 29.2 Å². The average Bonchev–Trinajstić information content (AvgIpc) is 2.81. The number of halogens is 1. The molecule has 7 nitrogen and oxygen atoms in total. The molecule has 1 aliphatic carbocycles. The predicted octanol–water partition coefficient (Wildman–Crippen LogP) is 5.32. The first kappa shape index (κ1) is 24.2. The number of non-ortho nitro benzene ring substituents is 1. The van der Waals surface area contributed by atoms with Crippen LogP contribution in [0.3, 0.4) is 0 Å². The van der Waals surface area contributed by atoms with Crippen molar-refractivity contribution in [3.63, 3.8) is 0 Å². The number of benzene rings is 2. The van der Waals surface area contributed by atoms with E-state index in [1.165, 1.54) is 12.1 Å². The molecule has 1 aliphatic rings. The summed E-state index contributed by atoms with van der Waals surface area (Å²) in [6, 6.07) is 12.5. The van der Waals surface area contributed by atoms with Gasteiger partial charge in [0.15, 0.2) is 0 Å². The summed E-state index contributed by atoms with van der Waals surface area (Å²) in [5.41, 5.74) is 0.943. The Hall–Kier alpha value is -2.49. The minimum Gasteiger partial charge on any atom is -0.354 e. The molecule has 1 fully saturated rings. The highest BCUT2D eigenvalue weighted by Crippen LogP contribution is 2.34. The third kappa shape index (κ3) is 5.65. The van der Waals surface area contributed by atoms with Gasteiger partial charge in [-0.3, -0.25) is 24.6 Å². The van der Waals surface area contributed by atoms with Crippen LogP contribution in [0.15, 0.2) is 48.5 Å². The van der Waals surface area contributed by atoms with Crippen molar-refractivity contribution in [2.75, 3.05) is 11.4 Å². The number of hydrogen-bond donors (Lipinski definition) is 1. The lowest BCUT2D eigenvalue weighted by atomic mass is 9.82. The van der Waals surface area contributed by atoms with Crippen molar-refractivity contribution >= 4 is 45.8 Å². The molecule has 0 aromatic heterocycles. The molecule has 3 rings (SSSR count). The van der Waals surface area contributed by atoms with Crippen LogP contribution in [0, 0.1) is 19.6 Å². The maximum absolute atomic E-state index is 13.9. The first-order chi connectivity index (χ1) is 15.4. The molecule has 1 atom stereocenters. The molecule has 0 bridgehead atoms. The summed E-state index contributed by atoms with van der Waals surface area (Å²) in [5.74, 6) is -0.413. The number of carbonyl (C=O) groups excluding carboxylic acids is 2. The van der Waals surface area contributed by atoms with Gasteiger partial charge < -0.3 is 5.32 Å². The van der Waals surface area contributed by atoms with E-state index in [9.17, 15) is 19.7 Å². The highest BCUT2D eigenvalue weighted by Gasteiger charge is 2.38. The molecule has 0 saturated heterocycles. The van der Waals surface area contributed by atoms with Crippen LogP contribution in [0.5, 0.6) is 0 Å². The van der Waals surface area contributed by atoms with Crippen LogP contribution >= 0.6 is 22.6 Å². The van der Waals surface area contributed by atoms with Crippen LogP contribution < -0.4 is 10.2 Å². The molecule has 1 N–H and O–H groups in total. The molecule has 170 valence electrons. The van der Waals surface area contributed by atoms with Crippen molar-refractivity contribution in [1.29, 1.82) is 0 Å². The normalized spacial score (nSPS) is 15.1. The van der Waals surface area contributed by atoms with E-state index in [1.807, 2.05) is 19.1 Å². The summed E-state index contributed by atoms with van der Waals surface area (Å²) in [4.78, 5) is 39.5. The number of nitrogens with zero attached hydrogens (tertiary/aromatic N) is 2. The zero-order chi connectivity index (χ0) is 23.1. The van der Waals surface area contributed by atoms with Crippen LogP contribution in [-0.4, -0.2) is 29.3 Å². The van der Waals surface area contributed by atoms with Crippen molar-refractivity contribution in [2.45, 2.75) is 51.5 Å². The van der Waals surface area contributed by atoms with Crippen molar-refractivity contribution in [2.24, 2.45) is 5.92 Å². The number of rotatable bonds is 8. The van der Waals surface area contributed by atoms with E-state index in [4.69, 9.17) is 0 Å². The van der Waals surface area contributed by atoms with E-state index >= 15 is 0 Å². The second-order valence-electron chi connectivity index (χ2n) is 8.06. The fourth-order valence-corrected chi connectivity index (χ4v) is 4.87. The van der Waals surface area contributed by atoms with Gasteiger partial charge >= 0.3 is 0 Å². The summed E-state index contributed by atoms with van der Waals surface area (Å²) in [6.07, 6.45) is 5.70. The van der Waals surface area contributed by atoms with Gasteiger partial charge in [-0.15, -0.1) is 0 Å². The smallest absolute Gasteiger partial charge is 0.269 e. The second kappa shape index (κ2) is 11.4. The van der Waals surface area contributed by atoms with Gasteiger partial charge in [-0.1, -0.05) is 38.3 Å². The van der Waals surface area contributed by atoms with Gasteiger partial charge in [0.2, 0.25) is 5.91 Å². The molecule has 2 aromatic carbocycles. The summed E-state index contributed by atoms with van der Waals surface area (Å²) in [7, 11) is 0. The quantitative estimate of drug-likeness (QED) is 0.274. The highest BCUT2D eigenvalue weighted by molar-refractivity contribution is 14.1. The minimum absolute atomic E-state index is 0.0288. The average molecular weight is 549 g/mol. The molecule has 2 aromatic rings. The fraction of sp³-hybridized carbons (Fsp3) is 0.417. The van der Waals surface area contributed by atoms with Crippen molar-refractivity contribution in [3.05, 3.63) is 67.8 Å². The Morgan fingerprint density at radius 3 is 2.38 bits per heavy atom. The molecule has 1 saturated carbocycles. The molecule has 8 heteroatoms. The van der Waals surface area contributed by atoms with Gasteiger partial charge in [0.1, 0.15) is 6.04 Å². The Morgan fingerprint density at radius 1 is 1.12 bits per heavy atom. The highest BCUT2D eigenvalue weighted by atomic mass is 127. The Labute approximate surface area is 201 Å². The number of amides is 2. The first-order valence-electron chi connectivity index (χ1n) is 11.0. The zero-order valence-electron chi connectivity index (χ0n) is 18.1. The Kier molecular flexibility index (Phi) is 8.60. The molecule has 0 aliphatic heterocycles. The van der Waals surface area contributed by atoms with E-state index < -0.39 is 11.0 Å². The fourth-order valence-electron chi connectivity index (χ4n) is 4.25. The number of nitro groups is 1. The third-order valence-corrected chi connectivity index (χ3v) is 6.79. The van der Waals surface area contributed by atoms with E-state index in [0.717, 1.165) is 42.1 Å². The lowest BCUT2D eigenvalue weighted by Gasteiger charge is -2.38. The van der Waals surface area contributed by atoms with Gasteiger partial charge in [0, 0.05) is 27.9 Å². The molecule has 0 radical (unpaired) electrons. The Morgan fingerprint density at radius 2 is 1.78 bits per heavy atom. The van der Waals surface area contributed by atoms with Gasteiger partial charge in [0.05, 0.1) is 10.5 Å². The molecule has 0 spiro atoms. The number of nitrogens with one attached hydrogen (secondary N) is 1. The van der Waals surface area contributed by atoms with E-state index in [2.05, 4.69) is 27.9 Å². The number of anilines is 1. The Balaban J connectivity index is 2.10. The second-order valence-corrected chi connectivity index (χ2v) is 9.22. The molecule has 0 heterocycles. The van der Waals surface area contributed by atoms with Crippen molar-refractivity contribution < 1.29 is 14.5 Å². The zero-order valence-corrected chi connectivity index (χ0v) is 20.3. The monoisotopic (exact) mass is 549 g/mol. The lowest BCUT2D eigenvalue weighted by molar-refractivity contribution is -0.384. The summed E-state index contributed by atoms with van der Waals surface area (Å²) >= 11 is 2.12. The summed E-state index contributed by atoms with van der Waals surface area (Å²) in [5, 5.41) is 14.1. The number of hydrogen-bond acceptors (Lipinski definition) is 4. The standard InChI is InChI=1S/C24H28IN3O4/c1-2-16-26-23(29)22(17-8-4-3-5-9-17)27(18-12-14-19(15-13-18)28(31)32)24(30)20-10-6-7-11-21(20)25/h6-7,10-15,17,22H,2-5,8-9,16H2,1H3,(H,26,29). The van der Waals surface area contributed by atoms with Crippen LogP contribution in [0.1, 0.15) is 55.8 Å². The SMILES string of the molecule is CCCNC(=O)C(C1CCCCC1)N(C(=O)c1ccccc1I)c1ccc([N+](=O)[O-])cc1. The summed E-state index contributed by atoms with van der Waals surface area (Å²) < 4.78 is 0.790. The van der Waals surface area contributed by atoms with Crippen LogP contribution in [-0.2, 0) is 4.79 Å². The molecular weight excluding hydrogens is 521 g/mol. The maximum atomic E-state index is 13.9. The van der Waals surface area contributed by atoms with Gasteiger partial charge in [-0.05, 0) is 72.0 Å². The van der Waals surface area contributed by atoms with Gasteiger partial charge in [0.25, 0.3) is 11.6 Å². The summed E-state index contributed by atoms with van der Waals surface area (Å²) in [6.45, 7) is 2.52. The van der Waals surface area contributed by atoms with Crippen LogP contribution in [0.25, 0.3) is 0 Å². The van der Waals surface area contributed by atoms with E-state index in [-0.39, 0.29) is 23.4 Å². The molecule has 1 unspecified atom stereocenters. The lowest BCUT2D eigenvalue weighted by Crippen LogP contribution is -2.54. The van der Waals surface area contributed by atoms with Gasteiger partial charge in [-0.25, -0.2) is 0 Å². The van der Waals surface area contributed by atoms with Crippen molar-refractivity contribution in [1.82, 2.24) is 5.32 Å². The van der Waals surface area contributed by atoms with Crippen LogP contribution in [0.2, 0.25) is 0 Å². The van der Waals surface area contributed by atoms with Crippen molar-refractivity contribution in [3.8, 4) is 0 Å². The topological polar surface area (TPSA) is 92.6 Å².